The molecule has 2 rings (SSSR count). The Morgan fingerprint density at radius 1 is 1.38 bits per heavy atom. The molecule has 0 aliphatic heterocycles. The normalized spacial score (nSPS) is 11.0. The standard InChI is InChI=1S/C10H8Cl2N4/c1-5(2)16-4-6(3-13)7-8(11)14-10(12)15-9(7)16/h4-5H,1-2H3. The lowest BCUT2D eigenvalue weighted by Crippen LogP contribution is -2.00. The molecule has 82 valence electrons. The molecular weight excluding hydrogens is 247 g/mol. The Morgan fingerprint density at radius 3 is 2.62 bits per heavy atom. The number of hydrogen-bond acceptors (Lipinski definition) is 3. The maximum Gasteiger partial charge on any atom is 0.225 e. The van der Waals surface area contributed by atoms with Crippen molar-refractivity contribution in [2.24, 2.45) is 0 Å². The molecule has 0 N–H and O–H groups in total. The van der Waals surface area contributed by atoms with Crippen molar-refractivity contribution >= 4 is 34.2 Å². The van der Waals surface area contributed by atoms with E-state index in [1.54, 1.807) is 6.20 Å². The van der Waals surface area contributed by atoms with Crippen molar-refractivity contribution in [1.82, 2.24) is 14.5 Å². The Hall–Kier alpha value is -1.31. The molecule has 0 amide bonds. The summed E-state index contributed by atoms with van der Waals surface area (Å²) in [5, 5.41) is 9.87. The molecule has 0 saturated heterocycles. The predicted molar refractivity (Wildman–Crippen MR) is 62.6 cm³/mol. The van der Waals surface area contributed by atoms with Crippen LogP contribution < -0.4 is 0 Å². The van der Waals surface area contributed by atoms with E-state index in [-0.39, 0.29) is 16.5 Å². The highest BCUT2D eigenvalue weighted by Crippen LogP contribution is 2.28. The van der Waals surface area contributed by atoms with Gasteiger partial charge in [0, 0.05) is 12.2 Å². The Labute approximate surface area is 102 Å². The van der Waals surface area contributed by atoms with Gasteiger partial charge in [-0.05, 0) is 25.4 Å². The van der Waals surface area contributed by atoms with Gasteiger partial charge in [-0.15, -0.1) is 0 Å². The average molecular weight is 255 g/mol. The number of nitriles is 1. The molecule has 0 fully saturated rings. The monoisotopic (exact) mass is 254 g/mol. The van der Waals surface area contributed by atoms with E-state index in [9.17, 15) is 0 Å². The minimum absolute atomic E-state index is 0.0852. The van der Waals surface area contributed by atoms with Gasteiger partial charge in [0.25, 0.3) is 0 Å². The van der Waals surface area contributed by atoms with E-state index in [2.05, 4.69) is 16.0 Å². The lowest BCUT2D eigenvalue weighted by molar-refractivity contribution is 0.617. The summed E-state index contributed by atoms with van der Waals surface area (Å²) in [4.78, 5) is 7.95. The Morgan fingerprint density at radius 2 is 2.06 bits per heavy atom. The number of nitrogens with zero attached hydrogens (tertiary/aromatic N) is 4. The molecule has 2 aromatic heterocycles. The quantitative estimate of drug-likeness (QED) is 0.580. The Bertz CT molecular complexity index is 595. The zero-order chi connectivity index (χ0) is 11.9. The molecule has 0 aromatic carbocycles. The summed E-state index contributed by atoms with van der Waals surface area (Å²) in [5.41, 5.74) is 1.06. The highest BCUT2D eigenvalue weighted by atomic mass is 35.5. The number of hydrogen-bond donors (Lipinski definition) is 0. The van der Waals surface area contributed by atoms with Crippen LogP contribution in [-0.4, -0.2) is 14.5 Å². The van der Waals surface area contributed by atoms with Crippen molar-refractivity contribution in [2.75, 3.05) is 0 Å². The van der Waals surface area contributed by atoms with E-state index in [0.717, 1.165) is 0 Å². The predicted octanol–water partition coefficient (Wildman–Crippen LogP) is 3.19. The summed E-state index contributed by atoms with van der Waals surface area (Å²) < 4.78 is 1.85. The molecule has 0 saturated carbocycles. The van der Waals surface area contributed by atoms with Crippen LogP contribution in [0.5, 0.6) is 0 Å². The van der Waals surface area contributed by atoms with Gasteiger partial charge in [0.2, 0.25) is 5.28 Å². The van der Waals surface area contributed by atoms with Gasteiger partial charge in [-0.3, -0.25) is 0 Å². The molecule has 0 bridgehead atoms. The smallest absolute Gasteiger partial charge is 0.225 e. The summed E-state index contributed by atoms with van der Waals surface area (Å²) in [6, 6.07) is 2.25. The van der Waals surface area contributed by atoms with Crippen molar-refractivity contribution in [3.05, 3.63) is 22.2 Å². The van der Waals surface area contributed by atoms with Gasteiger partial charge in [0.1, 0.15) is 16.9 Å². The summed E-state index contributed by atoms with van der Waals surface area (Å²) >= 11 is 11.7. The summed E-state index contributed by atoms with van der Waals surface area (Å²) in [5.74, 6) is 0. The van der Waals surface area contributed by atoms with Gasteiger partial charge in [0.05, 0.1) is 10.9 Å². The molecule has 0 radical (unpaired) electrons. The van der Waals surface area contributed by atoms with Crippen LogP contribution in [0.15, 0.2) is 6.20 Å². The fourth-order valence-electron chi connectivity index (χ4n) is 1.56. The van der Waals surface area contributed by atoms with Crippen molar-refractivity contribution in [1.29, 1.82) is 5.26 Å². The lowest BCUT2D eigenvalue weighted by atomic mass is 10.3. The Kier molecular flexibility index (Phi) is 2.75. The maximum absolute atomic E-state index is 9.01. The number of rotatable bonds is 1. The molecule has 4 nitrogen and oxygen atoms in total. The molecular formula is C10H8Cl2N4. The van der Waals surface area contributed by atoms with Gasteiger partial charge >= 0.3 is 0 Å². The molecule has 0 atom stereocenters. The molecule has 0 spiro atoms. The fourth-order valence-corrected chi connectivity index (χ4v) is 2.03. The van der Waals surface area contributed by atoms with Crippen LogP contribution in [0.1, 0.15) is 25.5 Å². The highest BCUT2D eigenvalue weighted by Gasteiger charge is 2.16. The van der Waals surface area contributed by atoms with Gasteiger partial charge in [-0.2, -0.15) is 10.2 Å². The van der Waals surface area contributed by atoms with Crippen LogP contribution >= 0.6 is 23.2 Å². The van der Waals surface area contributed by atoms with E-state index < -0.39 is 0 Å². The topological polar surface area (TPSA) is 54.5 Å². The largest absolute Gasteiger partial charge is 0.328 e. The SMILES string of the molecule is CC(C)n1cc(C#N)c2c(Cl)nc(Cl)nc21. The number of aromatic nitrogens is 3. The van der Waals surface area contributed by atoms with Gasteiger partial charge in [-0.1, -0.05) is 11.6 Å². The molecule has 6 heteroatoms. The number of halogens is 2. The second-order valence-corrected chi connectivity index (χ2v) is 4.33. The van der Waals surface area contributed by atoms with E-state index in [1.165, 1.54) is 0 Å². The van der Waals surface area contributed by atoms with Crippen LogP contribution in [0, 0.1) is 11.3 Å². The van der Waals surface area contributed by atoms with Crippen molar-refractivity contribution in [3.8, 4) is 6.07 Å². The van der Waals surface area contributed by atoms with Gasteiger partial charge in [0.15, 0.2) is 0 Å². The first-order valence-corrected chi connectivity index (χ1v) is 5.44. The zero-order valence-electron chi connectivity index (χ0n) is 8.70. The minimum atomic E-state index is 0.0852. The molecule has 2 heterocycles. The number of fused-ring (bicyclic) bond motifs is 1. The molecule has 0 aliphatic rings. The minimum Gasteiger partial charge on any atom is -0.328 e. The third-order valence-electron chi connectivity index (χ3n) is 2.28. The maximum atomic E-state index is 9.01. The first-order valence-electron chi connectivity index (χ1n) is 4.68. The first kappa shape index (κ1) is 11.2. The van der Waals surface area contributed by atoms with Gasteiger partial charge in [-0.25, -0.2) is 4.98 Å². The van der Waals surface area contributed by atoms with Crippen LogP contribution in [0.4, 0.5) is 0 Å². The molecule has 0 aliphatic carbocycles. The summed E-state index contributed by atoms with van der Waals surface area (Å²) in [6.45, 7) is 3.98. The first-order chi connectivity index (χ1) is 7.54. The second kappa shape index (κ2) is 3.93. The average Bonchev–Trinajstić information content (AvgIpc) is 2.56. The van der Waals surface area contributed by atoms with E-state index in [0.29, 0.717) is 16.6 Å². The third kappa shape index (κ3) is 1.62. The van der Waals surface area contributed by atoms with Crippen LogP contribution in [0.2, 0.25) is 10.4 Å². The van der Waals surface area contributed by atoms with Crippen molar-refractivity contribution in [3.63, 3.8) is 0 Å². The van der Waals surface area contributed by atoms with Crippen LogP contribution in [-0.2, 0) is 0 Å². The summed E-state index contributed by atoms with van der Waals surface area (Å²) in [7, 11) is 0. The van der Waals surface area contributed by atoms with Crippen LogP contribution in [0.25, 0.3) is 11.0 Å². The fraction of sp³-hybridized carbons (Fsp3) is 0.300. The van der Waals surface area contributed by atoms with E-state index >= 15 is 0 Å². The lowest BCUT2D eigenvalue weighted by Gasteiger charge is -2.07. The van der Waals surface area contributed by atoms with Gasteiger partial charge < -0.3 is 4.57 Å². The molecule has 2 aromatic rings. The zero-order valence-corrected chi connectivity index (χ0v) is 10.2. The molecule has 16 heavy (non-hydrogen) atoms. The van der Waals surface area contributed by atoms with Crippen LogP contribution in [0.3, 0.4) is 0 Å². The Balaban J connectivity index is 2.92. The third-order valence-corrected chi connectivity index (χ3v) is 2.72. The molecule has 0 unspecified atom stereocenters. The highest BCUT2D eigenvalue weighted by molar-refractivity contribution is 6.36. The van der Waals surface area contributed by atoms with Crippen molar-refractivity contribution in [2.45, 2.75) is 19.9 Å². The van der Waals surface area contributed by atoms with Crippen molar-refractivity contribution < 1.29 is 0 Å². The van der Waals surface area contributed by atoms with E-state index in [1.807, 2.05) is 18.4 Å². The van der Waals surface area contributed by atoms with E-state index in [4.69, 9.17) is 28.5 Å². The second-order valence-electron chi connectivity index (χ2n) is 3.64. The summed E-state index contributed by atoms with van der Waals surface area (Å²) in [6.07, 6.45) is 1.71.